The van der Waals surface area contributed by atoms with Crippen molar-refractivity contribution < 1.29 is 19.0 Å². The van der Waals surface area contributed by atoms with Crippen LogP contribution in [0.5, 0.6) is 23.1 Å². The van der Waals surface area contributed by atoms with Gasteiger partial charge in [-0.3, -0.25) is 0 Å². The largest absolute Gasteiger partial charge is 0.494 e. The van der Waals surface area contributed by atoms with Gasteiger partial charge in [-0.2, -0.15) is 0 Å². The average molecular weight is 436 g/mol. The molecule has 0 radical (unpaired) electrons. The maximum absolute atomic E-state index is 12.4. The quantitative estimate of drug-likeness (QED) is 0.484. The smallest absolute Gasteiger partial charge is 0.317 e. The molecule has 7 heteroatoms. The summed E-state index contributed by atoms with van der Waals surface area (Å²) in [5.74, 6) is 2.56. The standard InChI is InChI=1S/C25H29N3O4/c1-4-30-21-13-10-19(11-14-21)18-28(3)25(29)27-17-20-12-15-24(26-16-20)32-23-9-7-6-8-22(23)31-5-2/h6-16H,4-5,17-18H2,1-3H3,(H,27,29). The van der Waals surface area contributed by atoms with Crippen molar-refractivity contribution in [3.05, 3.63) is 78.0 Å². The lowest BCUT2D eigenvalue weighted by Gasteiger charge is -2.18. The summed E-state index contributed by atoms with van der Waals surface area (Å²) >= 11 is 0. The predicted octanol–water partition coefficient (Wildman–Crippen LogP) is 5.01. The van der Waals surface area contributed by atoms with Crippen molar-refractivity contribution in [1.82, 2.24) is 15.2 Å². The number of aromatic nitrogens is 1. The van der Waals surface area contributed by atoms with Crippen molar-refractivity contribution in [3.63, 3.8) is 0 Å². The Bertz CT molecular complexity index is 991. The molecule has 1 N–H and O–H groups in total. The van der Waals surface area contributed by atoms with E-state index in [1.165, 1.54) is 0 Å². The molecule has 1 heterocycles. The minimum Gasteiger partial charge on any atom is -0.494 e. The second-order valence-electron chi connectivity index (χ2n) is 7.08. The molecule has 1 aromatic heterocycles. The summed E-state index contributed by atoms with van der Waals surface area (Å²) in [4.78, 5) is 18.4. The number of carbonyl (C=O) groups is 1. The van der Waals surface area contributed by atoms with E-state index in [0.717, 1.165) is 16.9 Å². The van der Waals surface area contributed by atoms with Crippen molar-refractivity contribution in [2.75, 3.05) is 20.3 Å². The van der Waals surface area contributed by atoms with Crippen molar-refractivity contribution in [2.24, 2.45) is 0 Å². The van der Waals surface area contributed by atoms with Crippen LogP contribution in [0.4, 0.5) is 4.79 Å². The van der Waals surface area contributed by atoms with E-state index in [4.69, 9.17) is 14.2 Å². The maximum atomic E-state index is 12.4. The molecular formula is C25H29N3O4. The van der Waals surface area contributed by atoms with Crippen LogP contribution in [0, 0.1) is 0 Å². The van der Waals surface area contributed by atoms with Gasteiger partial charge < -0.3 is 24.4 Å². The summed E-state index contributed by atoms with van der Waals surface area (Å²) in [6, 6.07) is 18.7. The number of nitrogens with one attached hydrogen (secondary N) is 1. The highest BCUT2D eigenvalue weighted by Crippen LogP contribution is 2.30. The molecule has 0 bridgehead atoms. The van der Waals surface area contributed by atoms with Gasteiger partial charge in [-0.15, -0.1) is 0 Å². The zero-order chi connectivity index (χ0) is 22.8. The normalized spacial score (nSPS) is 10.3. The predicted molar refractivity (Wildman–Crippen MR) is 123 cm³/mol. The monoisotopic (exact) mass is 435 g/mol. The molecule has 0 fully saturated rings. The molecule has 0 aliphatic rings. The first-order valence-corrected chi connectivity index (χ1v) is 10.6. The number of ether oxygens (including phenoxy) is 3. The molecule has 3 rings (SSSR count). The second kappa shape index (κ2) is 11.6. The third-order valence-electron chi connectivity index (χ3n) is 4.61. The van der Waals surface area contributed by atoms with Crippen molar-refractivity contribution in [3.8, 4) is 23.1 Å². The summed E-state index contributed by atoms with van der Waals surface area (Å²) in [5, 5.41) is 2.91. The van der Waals surface area contributed by atoms with Crippen molar-refractivity contribution in [1.29, 1.82) is 0 Å². The van der Waals surface area contributed by atoms with Gasteiger partial charge in [0.25, 0.3) is 0 Å². The Hall–Kier alpha value is -3.74. The molecule has 0 saturated heterocycles. The van der Waals surface area contributed by atoms with Crippen molar-refractivity contribution >= 4 is 6.03 Å². The van der Waals surface area contributed by atoms with Gasteiger partial charge in [0.15, 0.2) is 11.5 Å². The van der Waals surface area contributed by atoms with E-state index < -0.39 is 0 Å². The van der Waals surface area contributed by atoms with Crippen LogP contribution in [0.2, 0.25) is 0 Å². The average Bonchev–Trinajstić information content (AvgIpc) is 2.81. The highest BCUT2D eigenvalue weighted by molar-refractivity contribution is 5.73. The molecule has 0 spiro atoms. The fourth-order valence-corrected chi connectivity index (χ4v) is 3.01. The Morgan fingerprint density at radius 2 is 1.59 bits per heavy atom. The maximum Gasteiger partial charge on any atom is 0.317 e. The Balaban J connectivity index is 1.49. The number of carbonyl (C=O) groups excluding carboxylic acids is 1. The Morgan fingerprint density at radius 1 is 0.906 bits per heavy atom. The minimum atomic E-state index is -0.162. The summed E-state index contributed by atoms with van der Waals surface area (Å²) in [7, 11) is 1.76. The third-order valence-corrected chi connectivity index (χ3v) is 4.61. The molecule has 0 unspecified atom stereocenters. The number of para-hydroxylation sites is 2. The molecule has 0 aliphatic heterocycles. The van der Waals surface area contributed by atoms with Crippen LogP contribution < -0.4 is 19.5 Å². The molecule has 0 atom stereocenters. The van der Waals surface area contributed by atoms with E-state index in [0.29, 0.717) is 43.7 Å². The SMILES string of the molecule is CCOc1ccc(CN(C)C(=O)NCc2ccc(Oc3ccccc3OCC)nc2)cc1. The fraction of sp³-hybridized carbons (Fsp3) is 0.280. The minimum absolute atomic E-state index is 0.162. The van der Waals surface area contributed by atoms with Gasteiger partial charge in [-0.05, 0) is 49.2 Å². The summed E-state index contributed by atoms with van der Waals surface area (Å²) < 4.78 is 16.8. The summed E-state index contributed by atoms with van der Waals surface area (Å²) in [6.45, 7) is 5.93. The molecule has 2 aromatic carbocycles. The molecule has 3 aromatic rings. The van der Waals surface area contributed by atoms with Gasteiger partial charge in [0, 0.05) is 32.4 Å². The van der Waals surface area contributed by atoms with E-state index >= 15 is 0 Å². The fourth-order valence-electron chi connectivity index (χ4n) is 3.01. The lowest BCUT2D eigenvalue weighted by Crippen LogP contribution is -2.36. The first kappa shape index (κ1) is 22.9. The Kier molecular flexibility index (Phi) is 8.31. The summed E-state index contributed by atoms with van der Waals surface area (Å²) in [6.07, 6.45) is 1.69. The highest BCUT2D eigenvalue weighted by Gasteiger charge is 2.10. The zero-order valence-electron chi connectivity index (χ0n) is 18.7. The topological polar surface area (TPSA) is 72.9 Å². The number of benzene rings is 2. The van der Waals surface area contributed by atoms with Gasteiger partial charge in [0.2, 0.25) is 5.88 Å². The first-order chi connectivity index (χ1) is 15.6. The molecule has 0 aliphatic carbocycles. The van der Waals surface area contributed by atoms with Gasteiger partial charge in [-0.25, -0.2) is 9.78 Å². The number of nitrogens with zero attached hydrogens (tertiary/aromatic N) is 2. The number of rotatable bonds is 10. The van der Waals surface area contributed by atoms with Crippen LogP contribution in [0.1, 0.15) is 25.0 Å². The lowest BCUT2D eigenvalue weighted by atomic mass is 10.2. The Morgan fingerprint density at radius 3 is 2.25 bits per heavy atom. The molecule has 2 amide bonds. The molecule has 7 nitrogen and oxygen atoms in total. The number of urea groups is 1. The van der Waals surface area contributed by atoms with Crippen LogP contribution >= 0.6 is 0 Å². The van der Waals surface area contributed by atoms with Crippen LogP contribution in [0.3, 0.4) is 0 Å². The molecule has 32 heavy (non-hydrogen) atoms. The molecule has 168 valence electrons. The second-order valence-corrected chi connectivity index (χ2v) is 7.08. The Labute approximate surface area is 188 Å². The number of pyridine rings is 1. The van der Waals surface area contributed by atoms with E-state index in [2.05, 4.69) is 10.3 Å². The van der Waals surface area contributed by atoms with Gasteiger partial charge in [0.05, 0.1) is 13.2 Å². The van der Waals surface area contributed by atoms with Crippen LogP contribution in [-0.2, 0) is 13.1 Å². The van der Waals surface area contributed by atoms with E-state index in [1.54, 1.807) is 24.2 Å². The van der Waals surface area contributed by atoms with E-state index in [-0.39, 0.29) is 6.03 Å². The highest BCUT2D eigenvalue weighted by atomic mass is 16.5. The van der Waals surface area contributed by atoms with Crippen LogP contribution in [0.15, 0.2) is 66.9 Å². The number of hydrogen-bond donors (Lipinski definition) is 1. The number of amides is 2. The van der Waals surface area contributed by atoms with E-state index in [1.807, 2.05) is 68.4 Å². The summed E-state index contributed by atoms with van der Waals surface area (Å²) in [5.41, 5.74) is 1.90. The van der Waals surface area contributed by atoms with Gasteiger partial charge >= 0.3 is 6.03 Å². The molecular weight excluding hydrogens is 406 g/mol. The van der Waals surface area contributed by atoms with Crippen molar-refractivity contribution in [2.45, 2.75) is 26.9 Å². The number of hydrogen-bond acceptors (Lipinski definition) is 5. The van der Waals surface area contributed by atoms with Crippen LogP contribution in [0.25, 0.3) is 0 Å². The van der Waals surface area contributed by atoms with E-state index in [9.17, 15) is 4.79 Å². The lowest BCUT2D eigenvalue weighted by molar-refractivity contribution is 0.206. The van der Waals surface area contributed by atoms with Gasteiger partial charge in [0.1, 0.15) is 5.75 Å². The van der Waals surface area contributed by atoms with Crippen LogP contribution in [-0.4, -0.2) is 36.2 Å². The third kappa shape index (κ3) is 6.63. The zero-order valence-corrected chi connectivity index (χ0v) is 18.7. The first-order valence-electron chi connectivity index (χ1n) is 10.6. The molecule has 0 saturated carbocycles. The van der Waals surface area contributed by atoms with Gasteiger partial charge in [-0.1, -0.05) is 30.3 Å².